The van der Waals surface area contributed by atoms with Crippen LogP contribution in [0.2, 0.25) is 0 Å². The summed E-state index contributed by atoms with van der Waals surface area (Å²) in [5.41, 5.74) is 0.719. The van der Waals surface area contributed by atoms with Crippen molar-refractivity contribution in [1.82, 2.24) is 0 Å². The fraction of sp³-hybridized carbons (Fsp3) is 0.500. The third-order valence-electron chi connectivity index (χ3n) is 2.41. The molecule has 2 N–H and O–H groups in total. The van der Waals surface area contributed by atoms with Crippen LogP contribution in [0.5, 0.6) is 5.75 Å². The maximum atomic E-state index is 9.79. The van der Waals surface area contributed by atoms with Crippen molar-refractivity contribution in [1.29, 1.82) is 0 Å². The maximum Gasteiger partial charge on any atom is 0.118 e. The first-order valence-electron chi connectivity index (χ1n) is 5.19. The van der Waals surface area contributed by atoms with Gasteiger partial charge in [0.25, 0.3) is 0 Å². The third-order valence-corrected chi connectivity index (χ3v) is 2.41. The lowest BCUT2D eigenvalue weighted by Gasteiger charge is -2.17. The summed E-state index contributed by atoms with van der Waals surface area (Å²) < 4.78 is 5.01. The molecule has 2 unspecified atom stereocenters. The van der Waals surface area contributed by atoms with Gasteiger partial charge in [0.1, 0.15) is 11.9 Å². The van der Waals surface area contributed by atoms with Gasteiger partial charge in [0.05, 0.1) is 13.2 Å². The van der Waals surface area contributed by atoms with Gasteiger partial charge in [0.15, 0.2) is 0 Å². The lowest BCUT2D eigenvalue weighted by Crippen LogP contribution is -2.17. The Bertz CT molecular complexity index is 281. The van der Waals surface area contributed by atoms with Crippen molar-refractivity contribution in [2.24, 2.45) is 0 Å². The number of hydrogen-bond acceptors (Lipinski definition) is 3. The lowest BCUT2D eigenvalue weighted by atomic mass is 10.0. The van der Waals surface area contributed by atoms with Crippen LogP contribution in [0.3, 0.4) is 0 Å². The largest absolute Gasteiger partial charge is 0.497 e. The van der Waals surface area contributed by atoms with E-state index in [0.29, 0.717) is 6.42 Å². The summed E-state index contributed by atoms with van der Waals surface area (Å²) in [7, 11) is 1.59. The number of aliphatic hydroxyl groups excluding tert-OH is 2. The molecule has 1 aromatic rings. The molecule has 0 amide bonds. The molecule has 0 aliphatic heterocycles. The standard InChI is InChI=1S/C12H18O3/c1-3-4-11(13)12(14)9-5-7-10(15-2)8-6-9/h5-8,11-14H,3-4H2,1-2H3. The first kappa shape index (κ1) is 12.0. The quantitative estimate of drug-likeness (QED) is 0.780. The number of benzene rings is 1. The average Bonchev–Trinajstić information content (AvgIpc) is 2.28. The van der Waals surface area contributed by atoms with E-state index in [9.17, 15) is 10.2 Å². The van der Waals surface area contributed by atoms with Crippen molar-refractivity contribution < 1.29 is 14.9 Å². The molecule has 3 nitrogen and oxygen atoms in total. The minimum atomic E-state index is -0.809. The number of ether oxygens (including phenoxy) is 1. The highest BCUT2D eigenvalue weighted by Crippen LogP contribution is 2.22. The van der Waals surface area contributed by atoms with Crippen LogP contribution in [0.25, 0.3) is 0 Å². The first-order chi connectivity index (χ1) is 7.19. The van der Waals surface area contributed by atoms with Gasteiger partial charge in [-0.2, -0.15) is 0 Å². The number of methoxy groups -OCH3 is 1. The zero-order valence-electron chi connectivity index (χ0n) is 9.18. The minimum Gasteiger partial charge on any atom is -0.497 e. The van der Waals surface area contributed by atoms with E-state index in [1.807, 2.05) is 6.92 Å². The Balaban J connectivity index is 2.69. The molecule has 0 fully saturated rings. The van der Waals surface area contributed by atoms with Crippen LogP contribution in [0.4, 0.5) is 0 Å². The number of hydrogen-bond donors (Lipinski definition) is 2. The highest BCUT2D eigenvalue weighted by Gasteiger charge is 2.16. The monoisotopic (exact) mass is 210 g/mol. The molecule has 3 heteroatoms. The van der Waals surface area contributed by atoms with Crippen molar-refractivity contribution in [3.63, 3.8) is 0 Å². The smallest absolute Gasteiger partial charge is 0.118 e. The van der Waals surface area contributed by atoms with E-state index in [4.69, 9.17) is 4.74 Å². The molecule has 0 spiro atoms. The maximum absolute atomic E-state index is 9.79. The van der Waals surface area contributed by atoms with E-state index >= 15 is 0 Å². The summed E-state index contributed by atoms with van der Waals surface area (Å²) >= 11 is 0. The molecular formula is C12H18O3. The second-order valence-corrected chi connectivity index (χ2v) is 3.57. The van der Waals surface area contributed by atoms with Crippen LogP contribution in [0.1, 0.15) is 31.4 Å². The molecule has 15 heavy (non-hydrogen) atoms. The van der Waals surface area contributed by atoms with E-state index in [-0.39, 0.29) is 0 Å². The lowest BCUT2D eigenvalue weighted by molar-refractivity contribution is 0.0131. The molecular weight excluding hydrogens is 192 g/mol. The van der Waals surface area contributed by atoms with Crippen LogP contribution in [-0.4, -0.2) is 23.4 Å². The molecule has 1 aromatic carbocycles. The van der Waals surface area contributed by atoms with Gasteiger partial charge >= 0.3 is 0 Å². The Kier molecular flexibility index (Phi) is 4.59. The topological polar surface area (TPSA) is 49.7 Å². The van der Waals surface area contributed by atoms with Gasteiger partial charge in [0.2, 0.25) is 0 Å². The van der Waals surface area contributed by atoms with E-state index in [0.717, 1.165) is 17.7 Å². The average molecular weight is 210 g/mol. The Hall–Kier alpha value is -1.06. The molecule has 0 saturated heterocycles. The Morgan fingerprint density at radius 1 is 1.20 bits per heavy atom. The van der Waals surface area contributed by atoms with Gasteiger partial charge in [-0.3, -0.25) is 0 Å². The normalized spacial score (nSPS) is 14.7. The molecule has 0 aliphatic carbocycles. The highest BCUT2D eigenvalue weighted by atomic mass is 16.5. The second-order valence-electron chi connectivity index (χ2n) is 3.57. The predicted molar refractivity (Wildman–Crippen MR) is 58.9 cm³/mol. The zero-order chi connectivity index (χ0) is 11.3. The van der Waals surface area contributed by atoms with Crippen molar-refractivity contribution in [3.8, 4) is 5.75 Å². The highest BCUT2D eigenvalue weighted by molar-refractivity contribution is 5.28. The Morgan fingerprint density at radius 3 is 2.27 bits per heavy atom. The molecule has 84 valence electrons. The van der Waals surface area contributed by atoms with Crippen molar-refractivity contribution in [2.45, 2.75) is 32.0 Å². The summed E-state index contributed by atoms with van der Waals surface area (Å²) in [6.45, 7) is 1.98. The van der Waals surface area contributed by atoms with Crippen molar-refractivity contribution in [3.05, 3.63) is 29.8 Å². The Morgan fingerprint density at radius 2 is 1.80 bits per heavy atom. The van der Waals surface area contributed by atoms with E-state index < -0.39 is 12.2 Å². The molecule has 0 aliphatic rings. The SMILES string of the molecule is CCCC(O)C(O)c1ccc(OC)cc1. The van der Waals surface area contributed by atoms with Crippen LogP contribution >= 0.6 is 0 Å². The number of aliphatic hydroxyl groups is 2. The molecule has 0 saturated carbocycles. The van der Waals surface area contributed by atoms with Gasteiger partial charge in [-0.25, -0.2) is 0 Å². The van der Waals surface area contributed by atoms with Gasteiger partial charge < -0.3 is 14.9 Å². The van der Waals surface area contributed by atoms with Crippen LogP contribution in [-0.2, 0) is 0 Å². The third kappa shape index (κ3) is 3.22. The molecule has 1 rings (SSSR count). The van der Waals surface area contributed by atoms with Gasteiger partial charge in [0, 0.05) is 0 Å². The molecule has 0 heterocycles. The molecule has 2 atom stereocenters. The second kappa shape index (κ2) is 5.73. The zero-order valence-corrected chi connectivity index (χ0v) is 9.18. The van der Waals surface area contributed by atoms with Crippen LogP contribution in [0.15, 0.2) is 24.3 Å². The van der Waals surface area contributed by atoms with E-state index in [2.05, 4.69) is 0 Å². The molecule has 0 bridgehead atoms. The van der Waals surface area contributed by atoms with Crippen molar-refractivity contribution in [2.75, 3.05) is 7.11 Å². The van der Waals surface area contributed by atoms with E-state index in [1.165, 1.54) is 0 Å². The van der Waals surface area contributed by atoms with Crippen LogP contribution in [0, 0.1) is 0 Å². The summed E-state index contributed by atoms with van der Waals surface area (Å²) in [4.78, 5) is 0. The van der Waals surface area contributed by atoms with E-state index in [1.54, 1.807) is 31.4 Å². The fourth-order valence-corrected chi connectivity index (χ4v) is 1.48. The minimum absolute atomic E-state index is 0.604. The fourth-order valence-electron chi connectivity index (χ4n) is 1.48. The van der Waals surface area contributed by atoms with Crippen molar-refractivity contribution >= 4 is 0 Å². The van der Waals surface area contributed by atoms with Gasteiger partial charge in [-0.05, 0) is 24.1 Å². The van der Waals surface area contributed by atoms with Gasteiger partial charge in [-0.1, -0.05) is 25.5 Å². The summed E-state index contributed by atoms with van der Waals surface area (Å²) in [5, 5.41) is 19.4. The molecule has 0 radical (unpaired) electrons. The van der Waals surface area contributed by atoms with Crippen LogP contribution < -0.4 is 4.74 Å². The van der Waals surface area contributed by atoms with Gasteiger partial charge in [-0.15, -0.1) is 0 Å². The Labute approximate surface area is 90.3 Å². The predicted octanol–water partition coefficient (Wildman–Crippen LogP) is 1.89. The summed E-state index contributed by atoms with van der Waals surface area (Å²) in [6, 6.07) is 7.08. The summed E-state index contributed by atoms with van der Waals surface area (Å²) in [6.07, 6.45) is -0.0408. The number of rotatable bonds is 5. The summed E-state index contributed by atoms with van der Waals surface area (Å²) in [5.74, 6) is 0.746. The first-order valence-corrected chi connectivity index (χ1v) is 5.19. The molecule has 0 aromatic heterocycles.